The van der Waals surface area contributed by atoms with Gasteiger partial charge in [-0.05, 0) is 38.0 Å². The van der Waals surface area contributed by atoms with Crippen molar-refractivity contribution >= 4 is 37.3 Å². The van der Waals surface area contributed by atoms with Gasteiger partial charge in [0.15, 0.2) is 21.4 Å². The van der Waals surface area contributed by atoms with Gasteiger partial charge >= 0.3 is 0 Å². The van der Waals surface area contributed by atoms with Crippen molar-refractivity contribution in [3.8, 4) is 11.6 Å². The molecule has 4 rings (SSSR count). The minimum atomic E-state index is -3.05. The monoisotopic (exact) mass is 405 g/mol. The summed E-state index contributed by atoms with van der Waals surface area (Å²) in [6, 6.07) is 3.29. The summed E-state index contributed by atoms with van der Waals surface area (Å²) in [7, 11) is -1.38. The van der Waals surface area contributed by atoms with Gasteiger partial charge in [0.25, 0.3) is 5.91 Å². The third kappa shape index (κ3) is 3.14. The Hall–Kier alpha value is -2.26. The molecular weight excluding hydrogens is 386 g/mol. The lowest BCUT2D eigenvalue weighted by molar-refractivity contribution is 0.0752. The molecule has 27 heavy (non-hydrogen) atoms. The Kier molecular flexibility index (Phi) is 4.31. The zero-order valence-corrected chi connectivity index (χ0v) is 16.9. The number of fused-ring (bicyclic) bond motifs is 1. The summed E-state index contributed by atoms with van der Waals surface area (Å²) in [6.07, 6.45) is 2.05. The number of amides is 1. The van der Waals surface area contributed by atoms with Crippen LogP contribution in [0.15, 0.2) is 22.8 Å². The molecule has 7 nitrogen and oxygen atoms in total. The van der Waals surface area contributed by atoms with E-state index in [1.54, 1.807) is 30.3 Å². The zero-order chi connectivity index (χ0) is 19.3. The molecule has 3 aromatic heterocycles. The van der Waals surface area contributed by atoms with Crippen LogP contribution in [0.4, 0.5) is 0 Å². The number of aromatic nitrogens is 2. The summed E-state index contributed by atoms with van der Waals surface area (Å²) in [5.74, 6) is 1.06. The maximum Gasteiger partial charge on any atom is 0.264 e. The Labute approximate surface area is 161 Å². The third-order valence-electron chi connectivity index (χ3n) is 4.98. The Bertz CT molecular complexity index is 1130. The van der Waals surface area contributed by atoms with Crippen molar-refractivity contribution in [2.24, 2.45) is 0 Å². The van der Waals surface area contributed by atoms with Crippen LogP contribution in [0.3, 0.4) is 0 Å². The molecule has 1 aliphatic rings. The summed E-state index contributed by atoms with van der Waals surface area (Å²) in [5.41, 5.74) is 1.61. The van der Waals surface area contributed by atoms with Gasteiger partial charge in [-0.2, -0.15) is 0 Å². The van der Waals surface area contributed by atoms with Crippen LogP contribution in [0.1, 0.15) is 27.3 Å². The summed E-state index contributed by atoms with van der Waals surface area (Å²) < 4.78 is 28.9. The fourth-order valence-corrected chi connectivity index (χ4v) is 6.45. The maximum absolute atomic E-state index is 13.0. The second-order valence-corrected chi connectivity index (χ2v) is 10.0. The first-order chi connectivity index (χ1) is 12.8. The molecule has 0 aliphatic carbocycles. The Morgan fingerprint density at radius 3 is 2.74 bits per heavy atom. The Morgan fingerprint density at radius 1 is 1.33 bits per heavy atom. The van der Waals surface area contributed by atoms with Crippen LogP contribution >= 0.6 is 11.3 Å². The van der Waals surface area contributed by atoms with Crippen LogP contribution in [0.25, 0.3) is 21.8 Å². The molecule has 0 aromatic carbocycles. The van der Waals surface area contributed by atoms with Gasteiger partial charge in [-0.25, -0.2) is 18.4 Å². The number of nitrogens with zero attached hydrogens (tertiary/aromatic N) is 3. The van der Waals surface area contributed by atoms with Crippen molar-refractivity contribution in [2.45, 2.75) is 26.3 Å². The number of hydrogen-bond acceptors (Lipinski definition) is 7. The topological polar surface area (TPSA) is 93.4 Å². The number of furan rings is 1. The van der Waals surface area contributed by atoms with Crippen molar-refractivity contribution < 1.29 is 17.6 Å². The molecule has 1 saturated heterocycles. The SMILES string of the molecule is Cc1nc(-c2ccco2)nc2sc(C(=O)N(C)C3CCS(=O)(=O)C3)c(C)c12. The van der Waals surface area contributed by atoms with Gasteiger partial charge in [-0.1, -0.05) is 0 Å². The molecule has 0 spiro atoms. The standard InChI is InChI=1S/C18H19N3O4S2/c1-10-14-11(2)19-16(13-5-4-7-25-13)20-17(14)26-15(10)18(22)21(3)12-6-8-27(23,24)9-12/h4-5,7,12H,6,8-9H2,1-3H3. The van der Waals surface area contributed by atoms with E-state index in [4.69, 9.17) is 4.42 Å². The van der Waals surface area contributed by atoms with Crippen LogP contribution in [0, 0.1) is 13.8 Å². The molecule has 1 unspecified atom stereocenters. The highest BCUT2D eigenvalue weighted by Gasteiger charge is 2.34. The first-order valence-electron chi connectivity index (χ1n) is 8.56. The van der Waals surface area contributed by atoms with Crippen molar-refractivity contribution in [3.05, 3.63) is 34.5 Å². The van der Waals surface area contributed by atoms with Crippen molar-refractivity contribution in [2.75, 3.05) is 18.6 Å². The van der Waals surface area contributed by atoms with Gasteiger partial charge in [-0.15, -0.1) is 11.3 Å². The van der Waals surface area contributed by atoms with E-state index < -0.39 is 9.84 Å². The number of aryl methyl sites for hydroxylation is 2. The summed E-state index contributed by atoms with van der Waals surface area (Å²) in [6.45, 7) is 3.77. The number of thiophene rings is 1. The molecule has 1 amide bonds. The van der Waals surface area contributed by atoms with Crippen molar-refractivity contribution in [1.29, 1.82) is 0 Å². The van der Waals surface area contributed by atoms with Crippen molar-refractivity contribution in [1.82, 2.24) is 14.9 Å². The number of hydrogen-bond donors (Lipinski definition) is 0. The summed E-state index contributed by atoms with van der Waals surface area (Å²) >= 11 is 1.31. The molecular formula is C18H19N3O4S2. The lowest BCUT2D eigenvalue weighted by Crippen LogP contribution is -2.37. The minimum Gasteiger partial charge on any atom is -0.461 e. The molecule has 0 N–H and O–H groups in total. The van der Waals surface area contributed by atoms with Gasteiger partial charge in [0.2, 0.25) is 0 Å². The first kappa shape index (κ1) is 18.1. The van der Waals surface area contributed by atoms with E-state index in [1.165, 1.54) is 11.3 Å². The van der Waals surface area contributed by atoms with E-state index >= 15 is 0 Å². The fraction of sp³-hybridized carbons (Fsp3) is 0.389. The van der Waals surface area contributed by atoms with Crippen LogP contribution < -0.4 is 0 Å². The van der Waals surface area contributed by atoms with Gasteiger partial charge in [0, 0.05) is 18.5 Å². The molecule has 0 radical (unpaired) electrons. The minimum absolute atomic E-state index is 0.0284. The quantitative estimate of drug-likeness (QED) is 0.665. The molecule has 1 fully saturated rings. The molecule has 9 heteroatoms. The second kappa shape index (κ2) is 6.42. The third-order valence-corrected chi connectivity index (χ3v) is 7.91. The fourth-order valence-electron chi connectivity index (χ4n) is 3.47. The number of rotatable bonds is 3. The van der Waals surface area contributed by atoms with Crippen molar-refractivity contribution in [3.63, 3.8) is 0 Å². The smallest absolute Gasteiger partial charge is 0.264 e. The molecule has 0 saturated carbocycles. The van der Waals surface area contributed by atoms with Crippen LogP contribution in [0.5, 0.6) is 0 Å². The van der Waals surface area contributed by atoms with Gasteiger partial charge < -0.3 is 9.32 Å². The second-order valence-electron chi connectivity index (χ2n) is 6.82. The van der Waals surface area contributed by atoms with Crippen LogP contribution in [0.2, 0.25) is 0 Å². The lowest BCUT2D eigenvalue weighted by atomic mass is 10.1. The number of carbonyl (C=O) groups excluding carboxylic acids is 1. The maximum atomic E-state index is 13.0. The Balaban J connectivity index is 1.73. The van der Waals surface area contributed by atoms with Crippen LogP contribution in [-0.2, 0) is 9.84 Å². The number of carbonyl (C=O) groups is 1. The molecule has 1 atom stereocenters. The largest absolute Gasteiger partial charge is 0.461 e. The van der Waals surface area contributed by atoms with E-state index in [-0.39, 0.29) is 23.5 Å². The lowest BCUT2D eigenvalue weighted by Gasteiger charge is -2.23. The first-order valence-corrected chi connectivity index (χ1v) is 11.2. The number of sulfone groups is 1. The normalized spacial score (nSPS) is 18.9. The molecule has 0 bridgehead atoms. The van der Waals surface area contributed by atoms with Gasteiger partial charge in [0.1, 0.15) is 4.83 Å². The molecule has 142 valence electrons. The highest BCUT2D eigenvalue weighted by atomic mass is 32.2. The summed E-state index contributed by atoms with van der Waals surface area (Å²) in [4.78, 5) is 25.0. The highest BCUT2D eigenvalue weighted by Crippen LogP contribution is 2.34. The van der Waals surface area contributed by atoms with E-state index in [0.29, 0.717) is 22.9 Å². The van der Waals surface area contributed by atoms with Gasteiger partial charge in [0.05, 0.1) is 28.3 Å². The molecule has 3 aromatic rings. The Morgan fingerprint density at radius 2 is 2.11 bits per heavy atom. The average Bonchev–Trinajstić information content (AvgIpc) is 3.33. The predicted octanol–water partition coefficient (Wildman–Crippen LogP) is 2.83. The predicted molar refractivity (Wildman–Crippen MR) is 104 cm³/mol. The van der Waals surface area contributed by atoms with E-state index in [1.807, 2.05) is 13.8 Å². The molecule has 1 aliphatic heterocycles. The van der Waals surface area contributed by atoms with Crippen LogP contribution in [-0.4, -0.2) is 53.8 Å². The summed E-state index contributed by atoms with van der Waals surface area (Å²) in [5, 5.41) is 0.867. The average molecular weight is 406 g/mol. The molecule has 4 heterocycles. The zero-order valence-electron chi connectivity index (χ0n) is 15.2. The van der Waals surface area contributed by atoms with E-state index in [0.717, 1.165) is 21.5 Å². The van der Waals surface area contributed by atoms with Gasteiger partial charge in [-0.3, -0.25) is 4.79 Å². The van der Waals surface area contributed by atoms with E-state index in [9.17, 15) is 13.2 Å². The van der Waals surface area contributed by atoms with E-state index in [2.05, 4.69) is 9.97 Å². The highest BCUT2D eigenvalue weighted by molar-refractivity contribution is 7.91.